The number of nitrogens with zero attached hydrogens (tertiary/aromatic N) is 4. The Balaban J connectivity index is 2.18. The van der Waals surface area contributed by atoms with Gasteiger partial charge in [0.1, 0.15) is 5.69 Å². The molecule has 0 aliphatic carbocycles. The monoisotopic (exact) mass is 310 g/mol. The molecular formula is C15H10N4O4. The van der Waals surface area contributed by atoms with E-state index in [1.165, 1.54) is 28.9 Å². The van der Waals surface area contributed by atoms with E-state index in [0.717, 1.165) is 0 Å². The number of aromatic nitrogens is 3. The number of para-hydroxylation sites is 1. The fourth-order valence-electron chi connectivity index (χ4n) is 2.18. The Hall–Kier alpha value is -3.55. The maximum absolute atomic E-state index is 11.4. The van der Waals surface area contributed by atoms with Gasteiger partial charge in [-0.05, 0) is 24.3 Å². The molecule has 3 aromatic rings. The first-order valence-corrected chi connectivity index (χ1v) is 6.57. The van der Waals surface area contributed by atoms with Crippen LogP contribution in [0.3, 0.4) is 0 Å². The van der Waals surface area contributed by atoms with E-state index >= 15 is 0 Å². The highest BCUT2D eigenvalue weighted by atomic mass is 16.6. The van der Waals surface area contributed by atoms with Crippen LogP contribution in [0.25, 0.3) is 16.9 Å². The number of carboxylic acid groups (broad SMARTS) is 1. The van der Waals surface area contributed by atoms with Crippen molar-refractivity contribution in [2.75, 3.05) is 0 Å². The van der Waals surface area contributed by atoms with Crippen LogP contribution in [-0.4, -0.2) is 31.0 Å². The molecule has 0 radical (unpaired) electrons. The zero-order chi connectivity index (χ0) is 16.4. The van der Waals surface area contributed by atoms with E-state index < -0.39 is 10.9 Å². The van der Waals surface area contributed by atoms with Crippen molar-refractivity contribution in [2.45, 2.75) is 0 Å². The predicted octanol–water partition coefficient (Wildman–Crippen LogP) is 2.54. The van der Waals surface area contributed by atoms with E-state index in [1.54, 1.807) is 24.3 Å². The van der Waals surface area contributed by atoms with Crippen molar-refractivity contribution in [3.05, 3.63) is 70.4 Å². The number of carboxylic acids is 1. The molecule has 0 spiro atoms. The molecule has 23 heavy (non-hydrogen) atoms. The molecule has 8 nitrogen and oxygen atoms in total. The molecule has 0 atom stereocenters. The number of non-ortho nitro benzene ring substituents is 1. The van der Waals surface area contributed by atoms with Gasteiger partial charge in [0.15, 0.2) is 5.69 Å². The molecule has 0 aliphatic rings. The summed E-state index contributed by atoms with van der Waals surface area (Å²) >= 11 is 0. The first-order chi connectivity index (χ1) is 11.1. The van der Waals surface area contributed by atoms with Crippen LogP contribution < -0.4 is 0 Å². The summed E-state index contributed by atoms with van der Waals surface area (Å²) in [6.45, 7) is 0. The van der Waals surface area contributed by atoms with E-state index in [2.05, 4.69) is 10.3 Å². The van der Waals surface area contributed by atoms with Crippen molar-refractivity contribution in [3.63, 3.8) is 0 Å². The summed E-state index contributed by atoms with van der Waals surface area (Å²) in [5.74, 6) is -1.22. The van der Waals surface area contributed by atoms with Gasteiger partial charge >= 0.3 is 5.97 Å². The highest BCUT2D eigenvalue weighted by molar-refractivity contribution is 5.93. The second-order valence-electron chi connectivity index (χ2n) is 4.64. The molecule has 1 heterocycles. The largest absolute Gasteiger partial charge is 0.476 e. The van der Waals surface area contributed by atoms with Crippen molar-refractivity contribution >= 4 is 11.7 Å². The Morgan fingerprint density at radius 1 is 1.09 bits per heavy atom. The first kappa shape index (κ1) is 14.4. The Bertz CT molecular complexity index is 872. The molecule has 3 rings (SSSR count). The minimum atomic E-state index is -1.22. The molecule has 0 aliphatic heterocycles. The van der Waals surface area contributed by atoms with E-state index in [0.29, 0.717) is 11.3 Å². The SMILES string of the molecule is O=C(O)c1nnn(-c2ccccc2)c1-c1ccc([N+](=O)[O-])cc1. The lowest BCUT2D eigenvalue weighted by Gasteiger charge is -2.07. The molecule has 1 N–H and O–H groups in total. The smallest absolute Gasteiger partial charge is 0.358 e. The van der Waals surface area contributed by atoms with Crippen LogP contribution in [0.5, 0.6) is 0 Å². The molecule has 114 valence electrons. The van der Waals surface area contributed by atoms with Gasteiger partial charge in [0.2, 0.25) is 0 Å². The first-order valence-electron chi connectivity index (χ1n) is 6.57. The lowest BCUT2D eigenvalue weighted by Crippen LogP contribution is -2.03. The van der Waals surface area contributed by atoms with Crippen molar-refractivity contribution in [1.29, 1.82) is 0 Å². The molecular weight excluding hydrogens is 300 g/mol. The topological polar surface area (TPSA) is 111 Å². The van der Waals surface area contributed by atoms with Crippen LogP contribution in [-0.2, 0) is 0 Å². The lowest BCUT2D eigenvalue weighted by molar-refractivity contribution is -0.384. The second kappa shape index (κ2) is 5.68. The minimum Gasteiger partial charge on any atom is -0.476 e. The van der Waals surface area contributed by atoms with Crippen molar-refractivity contribution in [3.8, 4) is 16.9 Å². The number of benzene rings is 2. The second-order valence-corrected chi connectivity index (χ2v) is 4.64. The third-order valence-electron chi connectivity index (χ3n) is 3.23. The van der Waals surface area contributed by atoms with Crippen molar-refractivity contribution in [1.82, 2.24) is 15.0 Å². The van der Waals surface area contributed by atoms with Crippen LogP contribution >= 0.6 is 0 Å². The summed E-state index contributed by atoms with van der Waals surface area (Å²) in [5.41, 5.74) is 1.08. The van der Waals surface area contributed by atoms with Gasteiger partial charge in [-0.1, -0.05) is 23.4 Å². The number of hydrogen-bond donors (Lipinski definition) is 1. The highest BCUT2D eigenvalue weighted by Gasteiger charge is 2.22. The Morgan fingerprint density at radius 2 is 1.74 bits per heavy atom. The average molecular weight is 310 g/mol. The summed E-state index contributed by atoms with van der Waals surface area (Å²) in [6.07, 6.45) is 0. The minimum absolute atomic E-state index is 0.0793. The van der Waals surface area contributed by atoms with Gasteiger partial charge in [-0.2, -0.15) is 0 Å². The fourth-order valence-corrected chi connectivity index (χ4v) is 2.18. The summed E-state index contributed by atoms with van der Waals surface area (Å²) in [7, 11) is 0. The van der Waals surface area contributed by atoms with Gasteiger partial charge < -0.3 is 5.11 Å². The Labute approximate surface area is 129 Å². The molecule has 0 saturated heterocycles. The summed E-state index contributed by atoms with van der Waals surface area (Å²) in [4.78, 5) is 21.6. The molecule has 1 aromatic heterocycles. The normalized spacial score (nSPS) is 10.4. The summed E-state index contributed by atoms with van der Waals surface area (Å²) < 4.78 is 1.39. The van der Waals surface area contributed by atoms with Crippen LogP contribution in [0.2, 0.25) is 0 Å². The summed E-state index contributed by atoms with van der Waals surface area (Å²) in [6, 6.07) is 14.5. The van der Waals surface area contributed by atoms with E-state index in [9.17, 15) is 20.0 Å². The number of carbonyl (C=O) groups is 1. The number of aromatic carboxylic acids is 1. The van der Waals surface area contributed by atoms with Crippen molar-refractivity contribution in [2.24, 2.45) is 0 Å². The molecule has 0 unspecified atom stereocenters. The zero-order valence-electron chi connectivity index (χ0n) is 11.7. The van der Waals surface area contributed by atoms with Gasteiger partial charge in [-0.15, -0.1) is 5.10 Å². The lowest BCUT2D eigenvalue weighted by atomic mass is 10.1. The maximum Gasteiger partial charge on any atom is 0.358 e. The van der Waals surface area contributed by atoms with Gasteiger partial charge in [0.05, 0.1) is 10.6 Å². The Kier molecular flexibility index (Phi) is 3.55. The van der Waals surface area contributed by atoms with Crippen LogP contribution in [0, 0.1) is 10.1 Å². The number of nitro benzene ring substituents is 1. The Morgan fingerprint density at radius 3 is 2.30 bits per heavy atom. The third-order valence-corrected chi connectivity index (χ3v) is 3.23. The van der Waals surface area contributed by atoms with Gasteiger partial charge in [0, 0.05) is 17.7 Å². The molecule has 0 bridgehead atoms. The van der Waals surface area contributed by atoms with Gasteiger partial charge in [-0.25, -0.2) is 9.48 Å². The van der Waals surface area contributed by atoms with Gasteiger partial charge in [-0.3, -0.25) is 10.1 Å². The van der Waals surface area contributed by atoms with Gasteiger partial charge in [0.25, 0.3) is 5.69 Å². The van der Waals surface area contributed by atoms with Crippen LogP contribution in [0.1, 0.15) is 10.5 Å². The highest BCUT2D eigenvalue weighted by Crippen LogP contribution is 2.27. The molecule has 0 saturated carbocycles. The summed E-state index contributed by atoms with van der Waals surface area (Å²) in [5, 5.41) is 27.6. The zero-order valence-corrected chi connectivity index (χ0v) is 11.7. The number of rotatable bonds is 4. The quantitative estimate of drug-likeness (QED) is 0.585. The molecule has 0 fully saturated rings. The van der Waals surface area contributed by atoms with Crippen LogP contribution in [0.4, 0.5) is 5.69 Å². The third kappa shape index (κ3) is 2.64. The number of hydrogen-bond acceptors (Lipinski definition) is 5. The standard InChI is InChI=1S/C15H10N4O4/c20-15(21)13-14(10-6-8-12(9-7-10)19(22)23)18(17-16-13)11-4-2-1-3-5-11/h1-9H,(H,20,21). The molecule has 8 heteroatoms. The van der Waals surface area contributed by atoms with E-state index in [1.807, 2.05) is 6.07 Å². The maximum atomic E-state index is 11.4. The molecule has 0 amide bonds. The molecule has 2 aromatic carbocycles. The van der Waals surface area contributed by atoms with E-state index in [4.69, 9.17) is 0 Å². The average Bonchev–Trinajstić information content (AvgIpc) is 3.01. The number of nitro groups is 1. The van der Waals surface area contributed by atoms with E-state index in [-0.39, 0.29) is 17.1 Å². The van der Waals surface area contributed by atoms with Crippen molar-refractivity contribution < 1.29 is 14.8 Å². The van der Waals surface area contributed by atoms with Crippen LogP contribution in [0.15, 0.2) is 54.6 Å². The fraction of sp³-hybridized carbons (Fsp3) is 0. The predicted molar refractivity (Wildman–Crippen MR) is 80.4 cm³/mol.